The van der Waals surface area contributed by atoms with Crippen molar-refractivity contribution in [3.05, 3.63) is 29.6 Å². The zero-order valence-corrected chi connectivity index (χ0v) is 11.0. The second-order valence-electron chi connectivity index (χ2n) is 5.17. The van der Waals surface area contributed by atoms with Crippen molar-refractivity contribution in [3.63, 3.8) is 0 Å². The first kappa shape index (κ1) is 13.5. The van der Waals surface area contributed by atoms with Gasteiger partial charge in [-0.15, -0.1) is 0 Å². The Morgan fingerprint density at radius 2 is 2.21 bits per heavy atom. The molecule has 1 aliphatic rings. The molecule has 5 heteroatoms. The van der Waals surface area contributed by atoms with Crippen LogP contribution in [0.3, 0.4) is 0 Å². The third-order valence-electron chi connectivity index (χ3n) is 3.60. The predicted molar refractivity (Wildman–Crippen MR) is 70.1 cm³/mol. The molecule has 1 saturated carbocycles. The fraction of sp³-hybridized carbons (Fsp3) is 0.500. The minimum absolute atomic E-state index is 0.109. The normalized spacial score (nSPS) is 15.8. The van der Waals surface area contributed by atoms with Crippen LogP contribution in [0.2, 0.25) is 0 Å². The summed E-state index contributed by atoms with van der Waals surface area (Å²) in [7, 11) is 0. The lowest BCUT2D eigenvalue weighted by molar-refractivity contribution is 0.0690. The fourth-order valence-electron chi connectivity index (χ4n) is 2.28. The molecule has 0 spiro atoms. The van der Waals surface area contributed by atoms with Crippen molar-refractivity contribution < 1.29 is 14.7 Å². The van der Waals surface area contributed by atoms with Crippen molar-refractivity contribution >= 4 is 11.9 Å². The molecular formula is C14H18N2O3. The maximum absolute atomic E-state index is 12.0. The molecule has 0 aliphatic heterocycles. The lowest BCUT2D eigenvalue weighted by Crippen LogP contribution is -2.30. The topological polar surface area (TPSA) is 79.3 Å². The van der Waals surface area contributed by atoms with E-state index < -0.39 is 5.97 Å². The van der Waals surface area contributed by atoms with Crippen molar-refractivity contribution in [2.24, 2.45) is 5.41 Å². The number of aromatic carboxylic acids is 1. The molecule has 0 bridgehead atoms. The van der Waals surface area contributed by atoms with Gasteiger partial charge in [-0.3, -0.25) is 4.79 Å². The summed E-state index contributed by atoms with van der Waals surface area (Å²) < 4.78 is 0. The lowest BCUT2D eigenvalue weighted by Gasteiger charge is -2.14. The molecule has 1 heterocycles. The molecule has 0 saturated heterocycles. The first-order valence-electron chi connectivity index (χ1n) is 6.54. The van der Waals surface area contributed by atoms with E-state index >= 15 is 0 Å². The van der Waals surface area contributed by atoms with Gasteiger partial charge in [0.25, 0.3) is 5.91 Å². The van der Waals surface area contributed by atoms with E-state index in [0.29, 0.717) is 12.1 Å². The van der Waals surface area contributed by atoms with Gasteiger partial charge in [-0.2, -0.15) is 0 Å². The van der Waals surface area contributed by atoms with Crippen LogP contribution < -0.4 is 5.32 Å². The molecule has 1 aromatic rings. The van der Waals surface area contributed by atoms with Gasteiger partial charge in [0, 0.05) is 18.3 Å². The number of carboxylic acid groups (broad SMARTS) is 1. The molecule has 0 atom stereocenters. The van der Waals surface area contributed by atoms with Crippen LogP contribution in [0.4, 0.5) is 0 Å². The number of amides is 1. The van der Waals surface area contributed by atoms with Crippen molar-refractivity contribution in [1.82, 2.24) is 10.3 Å². The van der Waals surface area contributed by atoms with Gasteiger partial charge in [0.2, 0.25) is 0 Å². The number of carbonyl (C=O) groups excluding carboxylic acids is 1. The van der Waals surface area contributed by atoms with E-state index in [1.54, 1.807) is 0 Å². The van der Waals surface area contributed by atoms with E-state index in [0.717, 1.165) is 25.7 Å². The number of pyridine rings is 1. The fourth-order valence-corrected chi connectivity index (χ4v) is 2.28. The molecule has 0 unspecified atom stereocenters. The first-order chi connectivity index (χ1) is 9.06. The van der Waals surface area contributed by atoms with Crippen molar-refractivity contribution in [1.29, 1.82) is 0 Å². The number of rotatable bonds is 6. The average molecular weight is 262 g/mol. The van der Waals surface area contributed by atoms with Gasteiger partial charge in [-0.05, 0) is 36.8 Å². The second kappa shape index (κ2) is 5.38. The first-order valence-corrected chi connectivity index (χ1v) is 6.54. The van der Waals surface area contributed by atoms with Crippen LogP contribution in [0, 0.1) is 5.41 Å². The zero-order valence-electron chi connectivity index (χ0n) is 11.0. The Balaban J connectivity index is 1.96. The smallest absolute Gasteiger partial charge is 0.354 e. The van der Waals surface area contributed by atoms with Gasteiger partial charge >= 0.3 is 5.97 Å². The number of aromatic nitrogens is 1. The van der Waals surface area contributed by atoms with Crippen LogP contribution in [0.1, 0.15) is 53.5 Å². The van der Waals surface area contributed by atoms with E-state index in [2.05, 4.69) is 17.2 Å². The van der Waals surface area contributed by atoms with Crippen LogP contribution in [-0.2, 0) is 0 Å². The third-order valence-corrected chi connectivity index (χ3v) is 3.60. The van der Waals surface area contributed by atoms with Gasteiger partial charge < -0.3 is 10.4 Å². The van der Waals surface area contributed by atoms with E-state index in [1.807, 2.05) is 0 Å². The standard InChI is InChI=1S/C14H18N2O3/c1-2-4-14(5-6-14)9-16-12(17)10-3-7-15-11(8-10)13(18)19/h3,7-8H,2,4-6,9H2,1H3,(H,16,17)(H,18,19). The number of hydrogen-bond donors (Lipinski definition) is 2. The van der Waals surface area contributed by atoms with Gasteiger partial charge in [0.15, 0.2) is 0 Å². The van der Waals surface area contributed by atoms with E-state index in [9.17, 15) is 9.59 Å². The summed E-state index contributed by atoms with van der Waals surface area (Å²) in [4.78, 5) is 26.5. The summed E-state index contributed by atoms with van der Waals surface area (Å²) in [5, 5.41) is 11.7. The monoisotopic (exact) mass is 262 g/mol. The third kappa shape index (κ3) is 3.30. The summed E-state index contributed by atoms with van der Waals surface area (Å²) in [5.41, 5.74) is 0.523. The van der Waals surface area contributed by atoms with Crippen LogP contribution in [0.25, 0.3) is 0 Å². The van der Waals surface area contributed by atoms with Crippen LogP contribution >= 0.6 is 0 Å². The molecule has 19 heavy (non-hydrogen) atoms. The summed E-state index contributed by atoms with van der Waals surface area (Å²) in [6, 6.07) is 2.83. The molecular weight excluding hydrogens is 244 g/mol. The van der Waals surface area contributed by atoms with E-state index in [-0.39, 0.29) is 17.0 Å². The summed E-state index contributed by atoms with van der Waals surface area (Å²) in [6.45, 7) is 2.81. The Hall–Kier alpha value is -1.91. The molecule has 102 valence electrons. The summed E-state index contributed by atoms with van der Waals surface area (Å²) in [6.07, 6.45) is 5.92. The highest BCUT2D eigenvalue weighted by Crippen LogP contribution is 2.48. The molecule has 1 fully saturated rings. The predicted octanol–water partition coefficient (Wildman–Crippen LogP) is 2.09. The number of carboxylic acids is 1. The molecule has 2 rings (SSSR count). The Morgan fingerprint density at radius 3 is 2.79 bits per heavy atom. The molecule has 2 N–H and O–H groups in total. The van der Waals surface area contributed by atoms with Crippen LogP contribution in [0.15, 0.2) is 18.3 Å². The molecule has 0 radical (unpaired) electrons. The quantitative estimate of drug-likeness (QED) is 0.822. The van der Waals surface area contributed by atoms with Crippen molar-refractivity contribution in [3.8, 4) is 0 Å². The van der Waals surface area contributed by atoms with Gasteiger partial charge in [-0.25, -0.2) is 9.78 Å². The largest absolute Gasteiger partial charge is 0.477 e. The molecule has 5 nitrogen and oxygen atoms in total. The van der Waals surface area contributed by atoms with Crippen LogP contribution in [0.5, 0.6) is 0 Å². The number of hydrogen-bond acceptors (Lipinski definition) is 3. The summed E-state index contributed by atoms with van der Waals surface area (Å²) in [5.74, 6) is -1.36. The van der Waals surface area contributed by atoms with Gasteiger partial charge in [-0.1, -0.05) is 13.3 Å². The molecule has 1 aliphatic carbocycles. The van der Waals surface area contributed by atoms with Crippen molar-refractivity contribution in [2.75, 3.05) is 6.54 Å². The highest BCUT2D eigenvalue weighted by Gasteiger charge is 2.41. The van der Waals surface area contributed by atoms with E-state index in [4.69, 9.17) is 5.11 Å². The molecule has 1 amide bonds. The number of nitrogens with one attached hydrogen (secondary N) is 1. The molecule has 0 aromatic carbocycles. The van der Waals surface area contributed by atoms with Gasteiger partial charge in [0.05, 0.1) is 0 Å². The SMILES string of the molecule is CCCC1(CNC(=O)c2ccnc(C(=O)O)c2)CC1. The maximum atomic E-state index is 12.0. The molecule has 1 aromatic heterocycles. The Kier molecular flexibility index (Phi) is 3.83. The van der Waals surface area contributed by atoms with E-state index in [1.165, 1.54) is 18.3 Å². The van der Waals surface area contributed by atoms with Crippen molar-refractivity contribution in [2.45, 2.75) is 32.6 Å². The summed E-state index contributed by atoms with van der Waals surface area (Å²) >= 11 is 0. The number of nitrogens with zero attached hydrogens (tertiary/aromatic N) is 1. The Morgan fingerprint density at radius 1 is 1.47 bits per heavy atom. The highest BCUT2D eigenvalue weighted by molar-refractivity contribution is 5.96. The highest BCUT2D eigenvalue weighted by atomic mass is 16.4. The van der Waals surface area contributed by atoms with Crippen LogP contribution in [-0.4, -0.2) is 28.5 Å². The second-order valence-corrected chi connectivity index (χ2v) is 5.17. The lowest BCUT2D eigenvalue weighted by atomic mass is 10.0. The van der Waals surface area contributed by atoms with Gasteiger partial charge in [0.1, 0.15) is 5.69 Å². The zero-order chi connectivity index (χ0) is 13.9. The Bertz CT molecular complexity index is 495. The minimum atomic E-state index is -1.13. The minimum Gasteiger partial charge on any atom is -0.477 e. The number of carbonyl (C=O) groups is 2. The maximum Gasteiger partial charge on any atom is 0.354 e. The average Bonchev–Trinajstić information content (AvgIpc) is 3.17. The Labute approximate surface area is 112 Å².